The van der Waals surface area contributed by atoms with Gasteiger partial charge in [0.15, 0.2) is 0 Å². The summed E-state index contributed by atoms with van der Waals surface area (Å²) in [5.74, 6) is -0.678. The van der Waals surface area contributed by atoms with Crippen molar-refractivity contribution in [1.29, 1.82) is 0 Å². The van der Waals surface area contributed by atoms with Crippen LogP contribution in [0.25, 0.3) is 6.08 Å². The predicted molar refractivity (Wildman–Crippen MR) is 88.9 cm³/mol. The molecule has 0 fully saturated rings. The van der Waals surface area contributed by atoms with E-state index in [1.807, 2.05) is 30.3 Å². The number of benzene rings is 2. The Balaban J connectivity index is 1.71. The lowest BCUT2D eigenvalue weighted by atomic mass is 10.2. The summed E-state index contributed by atoms with van der Waals surface area (Å²) in [6.07, 6.45) is 3.16. The second-order valence-corrected chi connectivity index (χ2v) is 4.81. The first-order valence-corrected chi connectivity index (χ1v) is 7.24. The fourth-order valence-corrected chi connectivity index (χ4v) is 1.92. The van der Waals surface area contributed by atoms with Gasteiger partial charge in [-0.2, -0.15) is 0 Å². The number of para-hydroxylation sites is 1. The van der Waals surface area contributed by atoms with Crippen LogP contribution in [0.4, 0.5) is 0 Å². The van der Waals surface area contributed by atoms with E-state index in [1.165, 1.54) is 18.2 Å². The van der Waals surface area contributed by atoms with Crippen molar-refractivity contribution < 1.29 is 14.7 Å². The quantitative estimate of drug-likeness (QED) is 0.564. The number of phenolic OH excluding ortho intramolecular Hbond substituents is 1. The van der Waals surface area contributed by atoms with Gasteiger partial charge in [0.2, 0.25) is 5.91 Å². The standard InChI is InChI=1S/C18H18N2O3/c21-16-9-5-4-8-15(16)18(23)20-13-12-19-17(22)11-10-14-6-2-1-3-7-14/h1-11,21H,12-13H2,(H,19,22)(H,20,23)/b11-10+. The zero-order valence-corrected chi connectivity index (χ0v) is 12.5. The van der Waals surface area contributed by atoms with E-state index in [0.717, 1.165) is 5.56 Å². The summed E-state index contributed by atoms with van der Waals surface area (Å²) in [6.45, 7) is 0.579. The van der Waals surface area contributed by atoms with Crippen molar-refractivity contribution in [3.05, 3.63) is 71.8 Å². The van der Waals surface area contributed by atoms with E-state index in [1.54, 1.807) is 18.2 Å². The van der Waals surface area contributed by atoms with Gasteiger partial charge >= 0.3 is 0 Å². The van der Waals surface area contributed by atoms with Gasteiger partial charge in [0.25, 0.3) is 5.91 Å². The largest absolute Gasteiger partial charge is 0.507 e. The van der Waals surface area contributed by atoms with Crippen molar-refractivity contribution in [3.8, 4) is 5.75 Å². The molecule has 0 saturated heterocycles. The highest BCUT2D eigenvalue weighted by atomic mass is 16.3. The molecule has 0 aliphatic rings. The fraction of sp³-hybridized carbons (Fsp3) is 0.111. The minimum atomic E-state index is -0.378. The van der Waals surface area contributed by atoms with Gasteiger partial charge in [0.05, 0.1) is 5.56 Å². The summed E-state index contributed by atoms with van der Waals surface area (Å²) in [7, 11) is 0. The van der Waals surface area contributed by atoms with Crippen LogP contribution < -0.4 is 10.6 Å². The first kappa shape index (κ1) is 16.3. The Kier molecular flexibility index (Phi) is 5.94. The molecule has 0 unspecified atom stereocenters. The first-order valence-electron chi connectivity index (χ1n) is 7.24. The smallest absolute Gasteiger partial charge is 0.255 e. The lowest BCUT2D eigenvalue weighted by molar-refractivity contribution is -0.116. The van der Waals surface area contributed by atoms with Crippen LogP contribution in [-0.2, 0) is 4.79 Å². The van der Waals surface area contributed by atoms with Gasteiger partial charge in [0, 0.05) is 19.2 Å². The lowest BCUT2D eigenvalue weighted by Gasteiger charge is -2.07. The molecule has 2 rings (SSSR count). The molecule has 0 aliphatic heterocycles. The minimum absolute atomic E-state index is 0.0696. The van der Waals surface area contributed by atoms with Gasteiger partial charge in [0.1, 0.15) is 5.75 Å². The molecule has 2 aromatic carbocycles. The van der Waals surface area contributed by atoms with Crippen LogP contribution >= 0.6 is 0 Å². The number of carbonyl (C=O) groups is 2. The Labute approximate surface area is 134 Å². The third-order valence-corrected chi connectivity index (χ3v) is 3.09. The first-order chi connectivity index (χ1) is 11.2. The van der Waals surface area contributed by atoms with Crippen molar-refractivity contribution in [2.45, 2.75) is 0 Å². The number of rotatable bonds is 6. The second-order valence-electron chi connectivity index (χ2n) is 4.81. The van der Waals surface area contributed by atoms with Crippen LogP contribution in [0.15, 0.2) is 60.7 Å². The molecule has 5 nitrogen and oxygen atoms in total. The van der Waals surface area contributed by atoms with E-state index >= 15 is 0 Å². The molecular formula is C18H18N2O3. The summed E-state index contributed by atoms with van der Waals surface area (Å²) in [5, 5.41) is 14.9. The number of aromatic hydroxyl groups is 1. The Morgan fingerprint density at radius 3 is 2.30 bits per heavy atom. The van der Waals surface area contributed by atoms with E-state index in [2.05, 4.69) is 10.6 Å². The maximum atomic E-state index is 11.8. The van der Waals surface area contributed by atoms with Crippen LogP contribution in [0.2, 0.25) is 0 Å². The maximum absolute atomic E-state index is 11.8. The van der Waals surface area contributed by atoms with Crippen LogP contribution in [0.5, 0.6) is 5.75 Å². The van der Waals surface area contributed by atoms with Gasteiger partial charge in [-0.15, -0.1) is 0 Å². The fourth-order valence-electron chi connectivity index (χ4n) is 1.92. The number of carbonyl (C=O) groups excluding carboxylic acids is 2. The van der Waals surface area contributed by atoms with Crippen LogP contribution in [0.3, 0.4) is 0 Å². The minimum Gasteiger partial charge on any atom is -0.507 e. The Morgan fingerprint density at radius 1 is 0.913 bits per heavy atom. The topological polar surface area (TPSA) is 78.4 Å². The second kappa shape index (κ2) is 8.38. The summed E-state index contributed by atoms with van der Waals surface area (Å²) in [5.41, 5.74) is 1.15. The molecule has 5 heteroatoms. The predicted octanol–water partition coefficient (Wildman–Crippen LogP) is 1.95. The summed E-state index contributed by atoms with van der Waals surface area (Å²) >= 11 is 0. The number of hydrogen-bond donors (Lipinski definition) is 3. The van der Waals surface area contributed by atoms with Crippen molar-refractivity contribution in [2.24, 2.45) is 0 Å². The van der Waals surface area contributed by atoms with Crippen molar-refractivity contribution in [2.75, 3.05) is 13.1 Å². The number of hydrogen-bond acceptors (Lipinski definition) is 3. The Hall–Kier alpha value is -3.08. The zero-order chi connectivity index (χ0) is 16.5. The van der Waals surface area contributed by atoms with E-state index in [0.29, 0.717) is 6.54 Å². The molecule has 3 N–H and O–H groups in total. The van der Waals surface area contributed by atoms with E-state index in [4.69, 9.17) is 0 Å². The van der Waals surface area contributed by atoms with Crippen LogP contribution in [-0.4, -0.2) is 30.0 Å². The SMILES string of the molecule is O=C(/C=C/c1ccccc1)NCCNC(=O)c1ccccc1O. The normalized spacial score (nSPS) is 10.4. The monoisotopic (exact) mass is 310 g/mol. The van der Waals surface area contributed by atoms with Gasteiger partial charge < -0.3 is 15.7 Å². The third kappa shape index (κ3) is 5.32. The van der Waals surface area contributed by atoms with E-state index in [9.17, 15) is 14.7 Å². The van der Waals surface area contributed by atoms with Gasteiger partial charge in [-0.05, 0) is 23.8 Å². The molecule has 0 aromatic heterocycles. The summed E-state index contributed by atoms with van der Waals surface area (Å²) < 4.78 is 0. The molecule has 0 spiro atoms. The van der Waals surface area contributed by atoms with Gasteiger partial charge in [-0.1, -0.05) is 42.5 Å². The number of nitrogens with one attached hydrogen (secondary N) is 2. The zero-order valence-electron chi connectivity index (χ0n) is 12.5. The molecule has 0 atom stereocenters. The summed E-state index contributed by atoms with van der Waals surface area (Å²) in [4.78, 5) is 23.5. The molecular weight excluding hydrogens is 292 g/mol. The highest BCUT2D eigenvalue weighted by Gasteiger charge is 2.08. The van der Waals surface area contributed by atoms with Crippen LogP contribution in [0, 0.1) is 0 Å². The molecule has 0 bridgehead atoms. The average molecular weight is 310 g/mol. The molecule has 2 aromatic rings. The molecule has 23 heavy (non-hydrogen) atoms. The van der Waals surface area contributed by atoms with Crippen molar-refractivity contribution in [3.63, 3.8) is 0 Å². The molecule has 0 saturated carbocycles. The molecule has 0 radical (unpaired) electrons. The van der Waals surface area contributed by atoms with Gasteiger partial charge in [-0.3, -0.25) is 9.59 Å². The van der Waals surface area contributed by atoms with E-state index in [-0.39, 0.29) is 29.7 Å². The highest BCUT2D eigenvalue weighted by molar-refractivity contribution is 5.96. The molecule has 0 aliphatic carbocycles. The Bertz CT molecular complexity index is 696. The maximum Gasteiger partial charge on any atom is 0.255 e. The lowest BCUT2D eigenvalue weighted by Crippen LogP contribution is -2.34. The van der Waals surface area contributed by atoms with Crippen molar-refractivity contribution in [1.82, 2.24) is 10.6 Å². The molecule has 0 heterocycles. The number of phenols is 1. The van der Waals surface area contributed by atoms with E-state index < -0.39 is 0 Å². The Morgan fingerprint density at radius 2 is 1.57 bits per heavy atom. The van der Waals surface area contributed by atoms with Crippen molar-refractivity contribution >= 4 is 17.9 Å². The van der Waals surface area contributed by atoms with Crippen LogP contribution in [0.1, 0.15) is 15.9 Å². The third-order valence-electron chi connectivity index (χ3n) is 3.09. The van der Waals surface area contributed by atoms with Gasteiger partial charge in [-0.25, -0.2) is 0 Å². The average Bonchev–Trinajstić information content (AvgIpc) is 2.58. The highest BCUT2D eigenvalue weighted by Crippen LogP contribution is 2.14. The molecule has 118 valence electrons. The summed E-state index contributed by atoms with van der Waals surface area (Å²) in [6, 6.07) is 15.8. The number of amides is 2. The molecule has 2 amide bonds.